The molecular formula is C28H38O6S. The van der Waals surface area contributed by atoms with Crippen LogP contribution in [-0.2, 0) is 16.6 Å². The van der Waals surface area contributed by atoms with E-state index in [0.717, 1.165) is 57.9 Å². The summed E-state index contributed by atoms with van der Waals surface area (Å²) >= 11 is 4.35. The Hall–Kier alpha value is -2.84. The van der Waals surface area contributed by atoms with Crippen LogP contribution in [0.15, 0.2) is 71.6 Å². The third kappa shape index (κ3) is 6.64. The van der Waals surface area contributed by atoms with Crippen molar-refractivity contribution in [3.05, 3.63) is 77.9 Å². The second-order valence-electron chi connectivity index (χ2n) is 8.75. The molecule has 0 saturated heterocycles. The van der Waals surface area contributed by atoms with Crippen LogP contribution in [0.1, 0.15) is 47.1 Å². The molecule has 5 N–H and O–H groups in total. The van der Waals surface area contributed by atoms with Crippen molar-refractivity contribution in [1.82, 2.24) is 0 Å². The molecule has 0 aromatic heterocycles. The van der Waals surface area contributed by atoms with E-state index in [9.17, 15) is 4.79 Å². The van der Waals surface area contributed by atoms with Gasteiger partial charge in [-0.2, -0.15) is 0 Å². The first-order chi connectivity index (χ1) is 15.9. The summed E-state index contributed by atoms with van der Waals surface area (Å²) in [6.45, 7) is 3.98. The van der Waals surface area contributed by atoms with Gasteiger partial charge in [-0.15, -0.1) is 12.6 Å². The van der Waals surface area contributed by atoms with Gasteiger partial charge in [0.25, 0.3) is 0 Å². The van der Waals surface area contributed by atoms with Crippen LogP contribution in [0.3, 0.4) is 0 Å². The fourth-order valence-corrected chi connectivity index (χ4v) is 4.07. The molecule has 1 aliphatic heterocycles. The summed E-state index contributed by atoms with van der Waals surface area (Å²) in [5.41, 5.74) is 3.97. The molecule has 7 heteroatoms. The van der Waals surface area contributed by atoms with E-state index in [-0.39, 0.29) is 37.9 Å². The number of rotatable bonds is 6. The van der Waals surface area contributed by atoms with Crippen molar-refractivity contribution in [2.24, 2.45) is 0 Å². The molecule has 6 nitrogen and oxygen atoms in total. The zero-order valence-electron chi connectivity index (χ0n) is 20.1. The lowest BCUT2D eigenvalue weighted by Crippen LogP contribution is -2.22. The molecule has 1 atom stereocenters. The van der Waals surface area contributed by atoms with Gasteiger partial charge in [-0.25, -0.2) is 0 Å². The predicted octanol–water partition coefficient (Wildman–Crippen LogP) is 4.83. The number of Topliss-reactive ketones (excluding diaryl/α,β-unsaturated/α-hetero) is 1. The molecule has 0 unspecified atom stereocenters. The summed E-state index contributed by atoms with van der Waals surface area (Å²) in [7, 11) is 0. The summed E-state index contributed by atoms with van der Waals surface area (Å²) < 4.78 is 10.9. The predicted molar refractivity (Wildman–Crippen MR) is 145 cm³/mol. The summed E-state index contributed by atoms with van der Waals surface area (Å²) in [6, 6.07) is 22.2. The van der Waals surface area contributed by atoms with Crippen LogP contribution in [0.2, 0.25) is 0 Å². The lowest BCUT2D eigenvalue weighted by atomic mass is 9.87. The fourth-order valence-electron chi connectivity index (χ4n) is 3.92. The van der Waals surface area contributed by atoms with Gasteiger partial charge in [-0.05, 0) is 72.7 Å². The van der Waals surface area contributed by atoms with Crippen molar-refractivity contribution in [3.63, 3.8) is 0 Å². The minimum atomic E-state index is -0.370. The molecule has 1 aliphatic carbocycles. The summed E-state index contributed by atoms with van der Waals surface area (Å²) in [5, 5.41) is 8.36. The topological polar surface area (TPSA) is 119 Å². The summed E-state index contributed by atoms with van der Waals surface area (Å²) in [5.74, 6) is 1.77. The van der Waals surface area contributed by atoms with Gasteiger partial charge in [0, 0.05) is 14.2 Å². The lowest BCUT2D eigenvalue weighted by molar-refractivity contribution is -0.120. The zero-order valence-corrected chi connectivity index (χ0v) is 21.0. The first kappa shape index (κ1) is 28.4. The van der Waals surface area contributed by atoms with Crippen LogP contribution in [0.4, 0.5) is 0 Å². The first-order valence-corrected chi connectivity index (χ1v) is 11.9. The molecule has 35 heavy (non-hydrogen) atoms. The molecule has 0 amide bonds. The highest BCUT2D eigenvalue weighted by atomic mass is 32.1. The van der Waals surface area contributed by atoms with Crippen molar-refractivity contribution >= 4 is 18.4 Å². The minimum absolute atomic E-state index is 0. The number of hydrogen-bond acceptors (Lipinski definition) is 5. The van der Waals surface area contributed by atoms with E-state index >= 15 is 0 Å². The van der Waals surface area contributed by atoms with Crippen molar-refractivity contribution < 1.29 is 33.2 Å². The lowest BCUT2D eigenvalue weighted by Gasteiger charge is -2.15. The number of carbonyl (C=O) groups is 1. The fraction of sp³-hybridized carbons (Fsp3) is 0.321. The molecular weight excluding hydrogens is 464 g/mol. The number of carbonyl (C=O) groups excluding carboxylic acids is 1. The number of aliphatic hydroxyl groups excluding tert-OH is 1. The maximum Gasteiger partial charge on any atom is 0.231 e. The van der Waals surface area contributed by atoms with Crippen LogP contribution in [0.5, 0.6) is 11.5 Å². The molecule has 3 aromatic carbocycles. The zero-order chi connectivity index (χ0) is 23.4. The number of ether oxygens (including phenoxy) is 2. The Morgan fingerprint density at radius 1 is 1.00 bits per heavy atom. The Labute approximate surface area is 214 Å². The number of aliphatic hydroxyl groups is 1. The monoisotopic (exact) mass is 502 g/mol. The summed E-state index contributed by atoms with van der Waals surface area (Å²) in [4.78, 5) is 14.1. The normalized spacial score (nSPS) is 15.0. The van der Waals surface area contributed by atoms with Crippen LogP contribution < -0.4 is 9.47 Å². The number of fused-ring (bicyclic) bond motifs is 1. The molecule has 2 aliphatic rings. The molecule has 0 bridgehead atoms. The van der Waals surface area contributed by atoms with E-state index < -0.39 is 0 Å². The van der Waals surface area contributed by atoms with Gasteiger partial charge in [0.2, 0.25) is 6.79 Å². The van der Waals surface area contributed by atoms with Gasteiger partial charge >= 0.3 is 0 Å². The maximum absolute atomic E-state index is 13.2. The van der Waals surface area contributed by atoms with Crippen molar-refractivity contribution in [2.45, 2.75) is 55.9 Å². The van der Waals surface area contributed by atoms with Gasteiger partial charge in [-0.1, -0.05) is 49.4 Å². The Bertz CT molecular complexity index is 1130. The third-order valence-electron chi connectivity index (χ3n) is 6.29. The van der Waals surface area contributed by atoms with Gasteiger partial charge in [-0.3, -0.25) is 4.79 Å². The Kier molecular flexibility index (Phi) is 9.92. The highest BCUT2D eigenvalue weighted by Gasteiger charge is 2.50. The second kappa shape index (κ2) is 12.2. The van der Waals surface area contributed by atoms with Gasteiger partial charge in [0.1, 0.15) is 5.78 Å². The Morgan fingerprint density at radius 2 is 1.66 bits per heavy atom. The van der Waals surface area contributed by atoms with E-state index in [4.69, 9.17) is 14.6 Å². The standard InChI is InChI=1S/C24H20O3S.C4H10O.2H2O.2H2/c25-23(24(10-11-24)19-6-9-21-22(14-19)27-15-26-21)13-16-2-1-3-18(12-16)17-4-7-20(28)8-5-17;1-3-4(2)5;;;;/h1-9,12,14,28H,10-11,13,15H2;4-5H,3H2,1-2H3;2*1H2;2*1H/t;4-;;;;/m.1..../s1. The van der Waals surface area contributed by atoms with E-state index in [2.05, 4.69) is 36.9 Å². The van der Waals surface area contributed by atoms with Crippen LogP contribution in [-0.4, -0.2) is 34.7 Å². The number of thiol groups is 1. The average molecular weight is 503 g/mol. The number of ketones is 1. The van der Waals surface area contributed by atoms with Crippen LogP contribution >= 0.6 is 12.6 Å². The van der Waals surface area contributed by atoms with Crippen LogP contribution in [0, 0.1) is 0 Å². The van der Waals surface area contributed by atoms with E-state index in [1.807, 2.05) is 49.4 Å². The molecule has 192 valence electrons. The largest absolute Gasteiger partial charge is 0.454 e. The van der Waals surface area contributed by atoms with Crippen molar-refractivity contribution in [1.29, 1.82) is 0 Å². The molecule has 3 aromatic rings. The SMILES string of the molecule is CC[C@@H](C)O.O.O.O=C(Cc1cccc(-c2ccc(S)cc2)c1)C1(c2ccc3c(c2)OCO3)CC1.[HH].[HH]. The smallest absolute Gasteiger partial charge is 0.231 e. The Morgan fingerprint density at radius 3 is 2.29 bits per heavy atom. The van der Waals surface area contributed by atoms with Gasteiger partial charge < -0.3 is 25.5 Å². The molecule has 5 rings (SSSR count). The van der Waals surface area contributed by atoms with Crippen LogP contribution in [0.25, 0.3) is 11.1 Å². The van der Waals surface area contributed by atoms with E-state index in [0.29, 0.717) is 6.42 Å². The summed E-state index contributed by atoms with van der Waals surface area (Å²) in [6.07, 6.45) is 2.98. The molecule has 1 saturated carbocycles. The number of benzene rings is 3. The average Bonchev–Trinajstić information content (AvgIpc) is 3.51. The van der Waals surface area contributed by atoms with E-state index in [1.54, 1.807) is 6.92 Å². The highest BCUT2D eigenvalue weighted by molar-refractivity contribution is 7.80. The second-order valence-corrected chi connectivity index (χ2v) is 9.27. The van der Waals surface area contributed by atoms with E-state index in [1.165, 1.54) is 0 Å². The molecule has 1 fully saturated rings. The maximum atomic E-state index is 13.2. The first-order valence-electron chi connectivity index (χ1n) is 11.4. The van der Waals surface area contributed by atoms with Crippen molar-refractivity contribution in [3.8, 4) is 22.6 Å². The Balaban J connectivity index is 0.00000132. The highest BCUT2D eigenvalue weighted by Crippen LogP contribution is 2.51. The molecule has 1 heterocycles. The minimum Gasteiger partial charge on any atom is -0.454 e. The number of hydrogen-bond donors (Lipinski definition) is 2. The van der Waals surface area contributed by atoms with Gasteiger partial charge in [0.15, 0.2) is 11.5 Å². The molecule has 0 radical (unpaired) electrons. The third-order valence-corrected chi connectivity index (χ3v) is 6.59. The molecule has 0 spiro atoms. The quantitative estimate of drug-likeness (QED) is 0.469. The van der Waals surface area contributed by atoms with Gasteiger partial charge in [0.05, 0.1) is 11.5 Å². The van der Waals surface area contributed by atoms with Crippen molar-refractivity contribution in [2.75, 3.05) is 6.79 Å².